The van der Waals surface area contributed by atoms with E-state index in [-0.39, 0.29) is 11.7 Å². The molecule has 0 fully saturated rings. The van der Waals surface area contributed by atoms with E-state index in [1.165, 1.54) is 0 Å². The van der Waals surface area contributed by atoms with Gasteiger partial charge in [0.1, 0.15) is 19.0 Å². The summed E-state index contributed by atoms with van der Waals surface area (Å²) in [5.74, 6) is 2.20. The first-order chi connectivity index (χ1) is 13.7. The Morgan fingerprint density at radius 3 is 2.82 bits per heavy atom. The number of anilines is 1. The summed E-state index contributed by atoms with van der Waals surface area (Å²) in [6.07, 6.45) is 0. The minimum Gasteiger partial charge on any atom is -0.496 e. The Morgan fingerprint density at radius 2 is 1.96 bits per heavy atom. The maximum Gasteiger partial charge on any atom is 0.277 e. The van der Waals surface area contributed by atoms with Gasteiger partial charge in [-0.2, -0.15) is 0 Å². The summed E-state index contributed by atoms with van der Waals surface area (Å²) in [5.41, 5.74) is 1.33. The van der Waals surface area contributed by atoms with Crippen LogP contribution in [0.3, 0.4) is 0 Å². The highest BCUT2D eigenvalue weighted by Gasteiger charge is 2.16. The number of fused-ring (bicyclic) bond motifs is 1. The second-order valence-electron chi connectivity index (χ2n) is 5.77. The average molecular weight is 399 g/mol. The summed E-state index contributed by atoms with van der Waals surface area (Å²) < 4.78 is 21.9. The topological polar surface area (TPSA) is 95.7 Å². The lowest BCUT2D eigenvalue weighted by atomic mass is 10.2. The first-order valence-electron chi connectivity index (χ1n) is 8.52. The molecule has 4 rings (SSSR count). The third-order valence-electron chi connectivity index (χ3n) is 3.90. The van der Waals surface area contributed by atoms with Crippen LogP contribution in [0.2, 0.25) is 0 Å². The molecular formula is C19H17N3O5S. The van der Waals surface area contributed by atoms with Crippen LogP contribution in [0.5, 0.6) is 17.2 Å². The SMILES string of the molecule is COc1ccccc1-c1nnc(SCC(=O)Nc2ccc3c(c2)OCCO3)o1. The van der Waals surface area contributed by atoms with Gasteiger partial charge in [0.2, 0.25) is 5.91 Å². The third-order valence-corrected chi connectivity index (χ3v) is 4.71. The van der Waals surface area contributed by atoms with Gasteiger partial charge < -0.3 is 23.9 Å². The Kier molecular flexibility index (Phi) is 5.34. The largest absolute Gasteiger partial charge is 0.496 e. The van der Waals surface area contributed by atoms with Crippen molar-refractivity contribution in [2.24, 2.45) is 0 Å². The van der Waals surface area contributed by atoms with E-state index in [0.29, 0.717) is 52.8 Å². The van der Waals surface area contributed by atoms with Crippen molar-refractivity contribution >= 4 is 23.4 Å². The first-order valence-corrected chi connectivity index (χ1v) is 9.50. The molecule has 2 heterocycles. The molecule has 3 aromatic rings. The maximum atomic E-state index is 12.2. The number of thioether (sulfide) groups is 1. The molecule has 1 aliphatic rings. The van der Waals surface area contributed by atoms with Crippen LogP contribution in [0.15, 0.2) is 52.1 Å². The van der Waals surface area contributed by atoms with Gasteiger partial charge in [-0.25, -0.2) is 0 Å². The molecule has 1 amide bonds. The van der Waals surface area contributed by atoms with E-state index in [2.05, 4.69) is 15.5 Å². The fraction of sp³-hybridized carbons (Fsp3) is 0.211. The van der Waals surface area contributed by atoms with Gasteiger partial charge in [-0.05, 0) is 24.3 Å². The van der Waals surface area contributed by atoms with Crippen molar-refractivity contribution in [3.05, 3.63) is 42.5 Å². The standard InChI is InChI=1S/C19H17N3O5S/c1-24-14-5-3-2-4-13(14)18-21-22-19(27-18)28-11-17(23)20-12-6-7-15-16(10-12)26-9-8-25-15/h2-7,10H,8-9,11H2,1H3,(H,20,23). The summed E-state index contributed by atoms with van der Waals surface area (Å²) in [5, 5.41) is 11.1. The summed E-state index contributed by atoms with van der Waals surface area (Å²) in [6, 6.07) is 12.6. The predicted octanol–water partition coefficient (Wildman–Crippen LogP) is 3.25. The number of para-hydroxylation sites is 1. The van der Waals surface area contributed by atoms with Crippen LogP contribution < -0.4 is 19.5 Å². The molecular weight excluding hydrogens is 382 g/mol. The van der Waals surface area contributed by atoms with Gasteiger partial charge in [-0.3, -0.25) is 4.79 Å². The van der Waals surface area contributed by atoms with Gasteiger partial charge in [0.15, 0.2) is 11.5 Å². The summed E-state index contributed by atoms with van der Waals surface area (Å²) in [4.78, 5) is 12.2. The summed E-state index contributed by atoms with van der Waals surface area (Å²) >= 11 is 1.16. The van der Waals surface area contributed by atoms with Gasteiger partial charge in [0.25, 0.3) is 11.1 Å². The molecule has 144 valence electrons. The van der Waals surface area contributed by atoms with E-state index >= 15 is 0 Å². The molecule has 0 radical (unpaired) electrons. The van der Waals surface area contributed by atoms with E-state index in [9.17, 15) is 4.79 Å². The quantitative estimate of drug-likeness (QED) is 0.631. The van der Waals surface area contributed by atoms with Gasteiger partial charge in [-0.1, -0.05) is 23.9 Å². The number of carbonyl (C=O) groups is 1. The lowest BCUT2D eigenvalue weighted by Crippen LogP contribution is -2.17. The van der Waals surface area contributed by atoms with Crippen LogP contribution in [0, 0.1) is 0 Å². The second kappa shape index (κ2) is 8.22. The molecule has 9 heteroatoms. The van der Waals surface area contributed by atoms with Gasteiger partial charge in [0, 0.05) is 11.8 Å². The first kappa shape index (κ1) is 18.2. The number of amides is 1. The van der Waals surface area contributed by atoms with Crippen LogP contribution in [-0.4, -0.2) is 42.2 Å². The monoisotopic (exact) mass is 399 g/mol. The lowest BCUT2D eigenvalue weighted by Gasteiger charge is -2.18. The van der Waals surface area contributed by atoms with Crippen molar-refractivity contribution in [1.82, 2.24) is 10.2 Å². The minimum absolute atomic E-state index is 0.127. The van der Waals surface area contributed by atoms with E-state index in [0.717, 1.165) is 11.8 Å². The maximum absolute atomic E-state index is 12.2. The number of nitrogens with one attached hydrogen (secondary N) is 1. The number of hydrogen-bond donors (Lipinski definition) is 1. The van der Waals surface area contributed by atoms with E-state index in [1.807, 2.05) is 24.3 Å². The minimum atomic E-state index is -0.196. The number of hydrogen-bond acceptors (Lipinski definition) is 8. The van der Waals surface area contributed by atoms with Gasteiger partial charge >= 0.3 is 0 Å². The Morgan fingerprint density at radius 1 is 1.14 bits per heavy atom. The number of ether oxygens (including phenoxy) is 3. The van der Waals surface area contributed by atoms with Crippen molar-refractivity contribution in [3.8, 4) is 28.7 Å². The third kappa shape index (κ3) is 4.04. The van der Waals surface area contributed by atoms with Crippen molar-refractivity contribution < 1.29 is 23.4 Å². The van der Waals surface area contributed by atoms with Crippen molar-refractivity contribution in [2.75, 3.05) is 31.4 Å². The van der Waals surface area contributed by atoms with Crippen LogP contribution in [0.1, 0.15) is 0 Å². The number of carbonyl (C=O) groups excluding carboxylic acids is 1. The summed E-state index contributed by atoms with van der Waals surface area (Å²) in [7, 11) is 1.58. The molecule has 0 unspecified atom stereocenters. The molecule has 1 aromatic heterocycles. The number of rotatable bonds is 6. The molecule has 0 spiro atoms. The zero-order chi connectivity index (χ0) is 19.3. The predicted molar refractivity (Wildman–Crippen MR) is 103 cm³/mol. The number of aromatic nitrogens is 2. The molecule has 1 N–H and O–H groups in total. The molecule has 28 heavy (non-hydrogen) atoms. The summed E-state index contributed by atoms with van der Waals surface area (Å²) in [6.45, 7) is 1.02. The van der Waals surface area contributed by atoms with Crippen LogP contribution >= 0.6 is 11.8 Å². The molecule has 0 saturated heterocycles. The Balaban J connectivity index is 1.36. The zero-order valence-corrected chi connectivity index (χ0v) is 15.8. The van der Waals surface area contributed by atoms with Crippen LogP contribution in [-0.2, 0) is 4.79 Å². The number of nitrogens with zero attached hydrogens (tertiary/aromatic N) is 2. The second-order valence-corrected chi connectivity index (χ2v) is 6.70. The van der Waals surface area contributed by atoms with Crippen molar-refractivity contribution in [2.45, 2.75) is 5.22 Å². The van der Waals surface area contributed by atoms with Crippen molar-refractivity contribution in [1.29, 1.82) is 0 Å². The highest BCUT2D eigenvalue weighted by atomic mass is 32.2. The smallest absolute Gasteiger partial charge is 0.277 e. The Labute approximate surface area is 165 Å². The van der Waals surface area contributed by atoms with E-state index in [4.69, 9.17) is 18.6 Å². The van der Waals surface area contributed by atoms with Crippen LogP contribution in [0.25, 0.3) is 11.5 Å². The Hall–Kier alpha value is -3.20. The van der Waals surface area contributed by atoms with Crippen LogP contribution in [0.4, 0.5) is 5.69 Å². The molecule has 8 nitrogen and oxygen atoms in total. The van der Waals surface area contributed by atoms with Gasteiger partial charge in [-0.15, -0.1) is 10.2 Å². The Bertz CT molecular complexity index is 991. The highest BCUT2D eigenvalue weighted by Crippen LogP contribution is 2.33. The lowest BCUT2D eigenvalue weighted by molar-refractivity contribution is -0.113. The highest BCUT2D eigenvalue weighted by molar-refractivity contribution is 7.99. The zero-order valence-electron chi connectivity index (χ0n) is 15.0. The van der Waals surface area contributed by atoms with Crippen molar-refractivity contribution in [3.63, 3.8) is 0 Å². The number of benzene rings is 2. The molecule has 0 saturated carbocycles. The van der Waals surface area contributed by atoms with E-state index in [1.54, 1.807) is 25.3 Å². The fourth-order valence-corrected chi connectivity index (χ4v) is 3.21. The molecule has 0 bridgehead atoms. The molecule has 0 atom stereocenters. The molecule has 1 aliphatic heterocycles. The molecule has 0 aliphatic carbocycles. The fourth-order valence-electron chi connectivity index (χ4n) is 2.64. The average Bonchev–Trinajstić information content (AvgIpc) is 3.21. The van der Waals surface area contributed by atoms with E-state index < -0.39 is 0 Å². The molecule has 2 aromatic carbocycles. The normalized spacial score (nSPS) is 12.5. The number of methoxy groups -OCH3 is 1. The van der Waals surface area contributed by atoms with Gasteiger partial charge in [0.05, 0.1) is 18.4 Å².